The van der Waals surface area contributed by atoms with Crippen molar-refractivity contribution in [2.45, 2.75) is 39.8 Å². The molecule has 1 amide bonds. The number of carbonyl (C=O) groups excluding carboxylic acids is 2. The summed E-state index contributed by atoms with van der Waals surface area (Å²) in [6, 6.07) is 5.94. The fraction of sp³-hybridized carbons (Fsp3) is 0.350. The van der Waals surface area contributed by atoms with Gasteiger partial charge in [0.2, 0.25) is 11.1 Å². The van der Waals surface area contributed by atoms with Crippen LogP contribution in [0.15, 0.2) is 23.4 Å². The molecule has 2 heterocycles. The molecule has 2 aromatic heterocycles. The normalized spacial score (nSPS) is 10.8. The number of thiophene rings is 1. The maximum atomic E-state index is 12.6. The van der Waals surface area contributed by atoms with Crippen molar-refractivity contribution in [3.05, 3.63) is 45.3 Å². The number of aromatic nitrogens is 4. The average molecular weight is 446 g/mol. The van der Waals surface area contributed by atoms with Crippen LogP contribution < -0.4 is 5.32 Å². The second-order valence-corrected chi connectivity index (χ2v) is 8.85. The number of nitrogens with one attached hydrogen (secondary N) is 1. The van der Waals surface area contributed by atoms with Crippen LogP contribution in [-0.2, 0) is 9.53 Å². The lowest BCUT2D eigenvalue weighted by Gasteiger charge is -2.08. The summed E-state index contributed by atoms with van der Waals surface area (Å²) >= 11 is 2.59. The third-order valence-electron chi connectivity index (χ3n) is 4.63. The van der Waals surface area contributed by atoms with E-state index in [1.54, 1.807) is 11.6 Å². The molecular weight excluding hydrogens is 422 g/mol. The molecule has 0 saturated carbocycles. The van der Waals surface area contributed by atoms with Crippen molar-refractivity contribution in [2.75, 3.05) is 17.7 Å². The molecule has 1 aromatic carbocycles. The number of benzene rings is 1. The summed E-state index contributed by atoms with van der Waals surface area (Å²) in [5.74, 6) is -0.578. The van der Waals surface area contributed by atoms with E-state index in [1.807, 2.05) is 45.9 Å². The smallest absolute Gasteiger partial charge is 0.341 e. The lowest BCUT2D eigenvalue weighted by molar-refractivity contribution is -0.113. The van der Waals surface area contributed by atoms with Crippen LogP contribution in [0, 0.1) is 27.7 Å². The number of hydrogen-bond acceptors (Lipinski definition) is 8. The molecule has 0 radical (unpaired) electrons. The molecule has 0 aliphatic carbocycles. The highest BCUT2D eigenvalue weighted by atomic mass is 32.2. The van der Waals surface area contributed by atoms with Crippen molar-refractivity contribution in [3.8, 4) is 5.69 Å². The van der Waals surface area contributed by atoms with Crippen LogP contribution in [0.25, 0.3) is 5.69 Å². The molecule has 10 heteroatoms. The Morgan fingerprint density at radius 2 is 1.97 bits per heavy atom. The molecule has 3 aromatic rings. The van der Waals surface area contributed by atoms with Gasteiger partial charge in [-0.05, 0) is 73.9 Å². The fourth-order valence-electron chi connectivity index (χ4n) is 2.75. The molecule has 3 rings (SSSR count). The SMILES string of the molecule is CCOC(=O)c1c(NC(=O)CSc2nnnn2-c2ccc(C)c(C)c2)sc(C)c1C. The third-order valence-corrected chi connectivity index (χ3v) is 6.67. The van der Waals surface area contributed by atoms with Gasteiger partial charge in [-0.25, -0.2) is 4.79 Å². The molecule has 0 spiro atoms. The van der Waals surface area contributed by atoms with Crippen LogP contribution in [0.5, 0.6) is 0 Å². The van der Waals surface area contributed by atoms with Gasteiger partial charge in [0.15, 0.2) is 0 Å². The van der Waals surface area contributed by atoms with Crippen molar-refractivity contribution in [1.82, 2.24) is 20.2 Å². The van der Waals surface area contributed by atoms with Gasteiger partial charge < -0.3 is 10.1 Å². The zero-order valence-electron chi connectivity index (χ0n) is 17.5. The van der Waals surface area contributed by atoms with E-state index in [4.69, 9.17) is 4.74 Å². The minimum absolute atomic E-state index is 0.101. The summed E-state index contributed by atoms with van der Waals surface area (Å²) in [5, 5.41) is 15.6. The number of aryl methyl sites for hydroxylation is 3. The number of rotatable bonds is 7. The Hall–Kier alpha value is -2.72. The minimum atomic E-state index is -0.430. The van der Waals surface area contributed by atoms with Gasteiger partial charge >= 0.3 is 5.97 Å². The van der Waals surface area contributed by atoms with E-state index >= 15 is 0 Å². The fourth-order valence-corrected chi connectivity index (χ4v) is 4.50. The molecule has 8 nitrogen and oxygen atoms in total. The van der Waals surface area contributed by atoms with Crippen LogP contribution in [-0.4, -0.2) is 44.4 Å². The van der Waals surface area contributed by atoms with Gasteiger partial charge in [-0.2, -0.15) is 4.68 Å². The number of carbonyl (C=O) groups is 2. The van der Waals surface area contributed by atoms with Gasteiger partial charge in [-0.1, -0.05) is 17.8 Å². The number of esters is 1. The van der Waals surface area contributed by atoms with Crippen LogP contribution >= 0.6 is 23.1 Å². The first-order valence-electron chi connectivity index (χ1n) is 9.37. The molecule has 0 saturated heterocycles. The summed E-state index contributed by atoms with van der Waals surface area (Å²) in [6.07, 6.45) is 0. The summed E-state index contributed by atoms with van der Waals surface area (Å²) in [7, 11) is 0. The van der Waals surface area contributed by atoms with E-state index in [-0.39, 0.29) is 18.3 Å². The third kappa shape index (κ3) is 4.71. The predicted molar refractivity (Wildman–Crippen MR) is 118 cm³/mol. The number of nitrogens with zero attached hydrogens (tertiary/aromatic N) is 4. The molecule has 0 aliphatic rings. The molecule has 0 aliphatic heterocycles. The highest BCUT2D eigenvalue weighted by Gasteiger charge is 2.22. The summed E-state index contributed by atoms with van der Waals surface area (Å²) < 4.78 is 6.73. The Kier molecular flexibility index (Phi) is 6.88. The van der Waals surface area contributed by atoms with Crippen LogP contribution in [0.3, 0.4) is 0 Å². The van der Waals surface area contributed by atoms with Gasteiger partial charge in [-0.15, -0.1) is 16.4 Å². The number of ether oxygens (including phenoxy) is 1. The lowest BCUT2D eigenvalue weighted by atomic mass is 10.1. The first kappa shape index (κ1) is 22.0. The molecule has 0 fully saturated rings. The van der Waals surface area contributed by atoms with E-state index in [0.29, 0.717) is 15.7 Å². The zero-order valence-corrected chi connectivity index (χ0v) is 19.1. The Morgan fingerprint density at radius 3 is 2.67 bits per heavy atom. The Bertz CT molecular complexity index is 1090. The van der Waals surface area contributed by atoms with Gasteiger partial charge in [-0.3, -0.25) is 4.79 Å². The minimum Gasteiger partial charge on any atom is -0.462 e. The second-order valence-electron chi connectivity index (χ2n) is 6.69. The van der Waals surface area contributed by atoms with Crippen molar-refractivity contribution in [3.63, 3.8) is 0 Å². The Balaban J connectivity index is 1.71. The molecular formula is C20H23N5O3S2. The van der Waals surface area contributed by atoms with E-state index in [0.717, 1.165) is 21.7 Å². The lowest BCUT2D eigenvalue weighted by Crippen LogP contribution is -2.17. The Labute approximate surface area is 183 Å². The van der Waals surface area contributed by atoms with Crippen LogP contribution in [0.2, 0.25) is 0 Å². The van der Waals surface area contributed by atoms with Crippen molar-refractivity contribution in [2.24, 2.45) is 0 Å². The molecule has 1 N–H and O–H groups in total. The highest BCUT2D eigenvalue weighted by Crippen LogP contribution is 2.33. The maximum Gasteiger partial charge on any atom is 0.341 e. The maximum absolute atomic E-state index is 12.6. The molecule has 0 atom stereocenters. The molecule has 0 bridgehead atoms. The number of hydrogen-bond donors (Lipinski definition) is 1. The van der Waals surface area contributed by atoms with Gasteiger partial charge in [0.05, 0.1) is 23.6 Å². The van der Waals surface area contributed by atoms with E-state index in [2.05, 4.69) is 20.8 Å². The highest BCUT2D eigenvalue weighted by molar-refractivity contribution is 7.99. The van der Waals surface area contributed by atoms with Gasteiger partial charge in [0, 0.05) is 4.88 Å². The van der Waals surface area contributed by atoms with Crippen molar-refractivity contribution in [1.29, 1.82) is 0 Å². The van der Waals surface area contributed by atoms with Crippen molar-refractivity contribution >= 4 is 40.0 Å². The molecule has 0 unspecified atom stereocenters. The average Bonchev–Trinajstić information content (AvgIpc) is 3.27. The number of anilines is 1. The standard InChI is InChI=1S/C20H23N5O3S2/c1-6-28-19(27)17-13(4)14(5)30-18(17)21-16(26)10-29-20-22-23-24-25(20)15-8-7-11(2)12(3)9-15/h7-9H,6,10H2,1-5H3,(H,21,26). The van der Waals surface area contributed by atoms with Gasteiger partial charge in [0.25, 0.3) is 0 Å². The van der Waals surface area contributed by atoms with Crippen LogP contribution in [0.4, 0.5) is 5.00 Å². The van der Waals surface area contributed by atoms with E-state index < -0.39 is 5.97 Å². The second kappa shape index (κ2) is 9.40. The van der Waals surface area contributed by atoms with Gasteiger partial charge in [0.1, 0.15) is 5.00 Å². The Morgan fingerprint density at radius 1 is 1.20 bits per heavy atom. The first-order chi connectivity index (χ1) is 14.3. The largest absolute Gasteiger partial charge is 0.462 e. The monoisotopic (exact) mass is 445 g/mol. The van der Waals surface area contributed by atoms with Crippen LogP contribution in [0.1, 0.15) is 38.8 Å². The quantitative estimate of drug-likeness (QED) is 0.435. The predicted octanol–water partition coefficient (Wildman–Crippen LogP) is 3.86. The number of amides is 1. The number of thioether (sulfide) groups is 1. The van der Waals surface area contributed by atoms with E-state index in [9.17, 15) is 9.59 Å². The molecule has 158 valence electrons. The molecule has 30 heavy (non-hydrogen) atoms. The topological polar surface area (TPSA) is 99.0 Å². The van der Waals surface area contributed by atoms with Crippen molar-refractivity contribution < 1.29 is 14.3 Å². The zero-order chi connectivity index (χ0) is 21.8. The summed E-state index contributed by atoms with van der Waals surface area (Å²) in [4.78, 5) is 25.8. The summed E-state index contributed by atoms with van der Waals surface area (Å²) in [5.41, 5.74) is 4.38. The first-order valence-corrected chi connectivity index (χ1v) is 11.2. The summed E-state index contributed by atoms with van der Waals surface area (Å²) in [6.45, 7) is 9.84. The number of tetrazole rings is 1. The van der Waals surface area contributed by atoms with E-state index in [1.165, 1.54) is 28.7 Å².